The standard InChI is InChI=1S/C8H20P.C2H5O/c1-5-9(6-2,7-3)8-4;1-2-3/h5-8H2,1-4H3;2H2,1H3/q+1;-1. The van der Waals surface area contributed by atoms with Gasteiger partial charge in [0.1, 0.15) is 0 Å². The molecule has 0 amide bonds. The molecular weight excluding hydrogens is 167 g/mol. The van der Waals surface area contributed by atoms with Gasteiger partial charge in [0.25, 0.3) is 0 Å². The fourth-order valence-corrected chi connectivity index (χ4v) is 4.02. The Morgan fingerprint density at radius 3 is 0.917 bits per heavy atom. The Hall–Kier alpha value is 0.390. The van der Waals surface area contributed by atoms with E-state index in [0.29, 0.717) is 0 Å². The smallest absolute Gasteiger partial charge is 0.0565 e. The van der Waals surface area contributed by atoms with E-state index in [2.05, 4.69) is 27.7 Å². The molecule has 0 aliphatic heterocycles. The van der Waals surface area contributed by atoms with E-state index in [1.807, 2.05) is 0 Å². The van der Waals surface area contributed by atoms with Gasteiger partial charge in [0.2, 0.25) is 0 Å². The predicted molar refractivity (Wildman–Crippen MR) is 59.6 cm³/mol. The SMILES string of the molecule is CC[O-].CC[P+](CC)(CC)CC. The molecule has 0 saturated carbocycles. The van der Waals surface area contributed by atoms with Crippen molar-refractivity contribution in [3.63, 3.8) is 0 Å². The third-order valence-corrected chi connectivity index (χ3v) is 8.05. The molecule has 0 unspecified atom stereocenters. The van der Waals surface area contributed by atoms with Gasteiger partial charge >= 0.3 is 0 Å². The fourth-order valence-electron chi connectivity index (χ4n) is 1.34. The van der Waals surface area contributed by atoms with Crippen molar-refractivity contribution in [3.05, 3.63) is 0 Å². The largest absolute Gasteiger partial charge is 0.855 e. The van der Waals surface area contributed by atoms with Crippen LogP contribution in [0.4, 0.5) is 0 Å². The highest BCUT2D eigenvalue weighted by Gasteiger charge is 2.27. The summed E-state index contributed by atoms with van der Waals surface area (Å²) < 4.78 is 0. The molecular formula is C10H25OP. The maximum atomic E-state index is 8.93. The van der Waals surface area contributed by atoms with Crippen molar-refractivity contribution in [3.8, 4) is 0 Å². The normalized spacial score (nSPS) is 10.5. The number of hydrogen-bond donors (Lipinski definition) is 0. The molecule has 0 aliphatic rings. The van der Waals surface area contributed by atoms with Gasteiger partial charge in [-0.15, -0.1) is 6.61 Å². The Morgan fingerprint density at radius 1 is 0.750 bits per heavy atom. The monoisotopic (exact) mass is 192 g/mol. The van der Waals surface area contributed by atoms with E-state index in [-0.39, 0.29) is 6.61 Å². The van der Waals surface area contributed by atoms with Crippen LogP contribution in [0, 0.1) is 0 Å². The van der Waals surface area contributed by atoms with Crippen LogP contribution in [0.3, 0.4) is 0 Å². The summed E-state index contributed by atoms with van der Waals surface area (Å²) >= 11 is 0. The Kier molecular flexibility index (Phi) is 11.8. The average molecular weight is 192 g/mol. The minimum Gasteiger partial charge on any atom is -0.855 e. The van der Waals surface area contributed by atoms with Crippen molar-refractivity contribution in [1.82, 2.24) is 0 Å². The summed E-state index contributed by atoms with van der Waals surface area (Å²) in [6.07, 6.45) is 5.82. The fraction of sp³-hybridized carbons (Fsp3) is 1.00. The third-order valence-electron chi connectivity index (χ3n) is 2.68. The summed E-state index contributed by atoms with van der Waals surface area (Å²) in [6.45, 7) is 11.0. The van der Waals surface area contributed by atoms with Gasteiger partial charge in [-0.3, -0.25) is 0 Å². The maximum absolute atomic E-state index is 8.93. The van der Waals surface area contributed by atoms with Gasteiger partial charge in [-0.05, 0) is 27.7 Å². The van der Waals surface area contributed by atoms with Crippen molar-refractivity contribution in [2.45, 2.75) is 34.6 Å². The summed E-state index contributed by atoms with van der Waals surface area (Å²) in [5, 5.41) is 8.93. The Balaban J connectivity index is 0. The number of rotatable bonds is 4. The molecule has 0 aromatic rings. The molecule has 0 aromatic heterocycles. The lowest BCUT2D eigenvalue weighted by molar-refractivity contribution is -0.361. The van der Waals surface area contributed by atoms with Crippen LogP contribution >= 0.6 is 7.26 Å². The van der Waals surface area contributed by atoms with Gasteiger partial charge in [0.15, 0.2) is 0 Å². The molecule has 0 saturated heterocycles. The van der Waals surface area contributed by atoms with Crippen LogP contribution in [0.15, 0.2) is 0 Å². The molecule has 0 atom stereocenters. The second-order valence-corrected chi connectivity index (χ2v) is 8.11. The van der Waals surface area contributed by atoms with E-state index in [1.54, 1.807) is 6.92 Å². The molecule has 0 heterocycles. The summed E-state index contributed by atoms with van der Waals surface area (Å²) in [7, 11) is -0.420. The van der Waals surface area contributed by atoms with Gasteiger partial charge in [0, 0.05) is 7.26 Å². The highest BCUT2D eigenvalue weighted by molar-refractivity contribution is 7.75. The van der Waals surface area contributed by atoms with Crippen LogP contribution in [0.1, 0.15) is 34.6 Å². The molecule has 0 radical (unpaired) electrons. The first-order valence-electron chi connectivity index (χ1n) is 5.09. The zero-order valence-electron chi connectivity index (χ0n) is 9.39. The van der Waals surface area contributed by atoms with Crippen LogP contribution in [-0.4, -0.2) is 31.3 Å². The molecule has 0 N–H and O–H groups in total. The van der Waals surface area contributed by atoms with E-state index in [9.17, 15) is 0 Å². The van der Waals surface area contributed by atoms with E-state index in [1.165, 1.54) is 24.6 Å². The minimum atomic E-state index is -0.420. The van der Waals surface area contributed by atoms with E-state index in [4.69, 9.17) is 5.11 Å². The average Bonchev–Trinajstić information content (AvgIpc) is 2.11. The van der Waals surface area contributed by atoms with Crippen LogP contribution < -0.4 is 5.11 Å². The second kappa shape index (κ2) is 9.48. The van der Waals surface area contributed by atoms with Gasteiger partial charge in [-0.2, -0.15) is 0 Å². The third kappa shape index (κ3) is 5.97. The predicted octanol–water partition coefficient (Wildman–Crippen LogP) is 2.45. The van der Waals surface area contributed by atoms with E-state index >= 15 is 0 Å². The molecule has 0 aromatic carbocycles. The van der Waals surface area contributed by atoms with Crippen molar-refractivity contribution >= 4 is 7.26 Å². The van der Waals surface area contributed by atoms with Crippen molar-refractivity contribution in [2.75, 3.05) is 31.3 Å². The zero-order valence-corrected chi connectivity index (χ0v) is 10.3. The Morgan fingerprint density at radius 2 is 0.917 bits per heavy atom. The van der Waals surface area contributed by atoms with Crippen LogP contribution in [0.5, 0.6) is 0 Å². The van der Waals surface area contributed by atoms with Crippen molar-refractivity contribution in [2.24, 2.45) is 0 Å². The van der Waals surface area contributed by atoms with E-state index in [0.717, 1.165) is 0 Å². The topological polar surface area (TPSA) is 23.1 Å². The minimum absolute atomic E-state index is 0. The molecule has 0 aliphatic carbocycles. The first-order chi connectivity index (χ1) is 5.66. The van der Waals surface area contributed by atoms with Crippen LogP contribution in [0.2, 0.25) is 0 Å². The lowest BCUT2D eigenvalue weighted by atomic mass is 10.9. The van der Waals surface area contributed by atoms with Gasteiger partial charge in [0.05, 0.1) is 24.6 Å². The summed E-state index contributed by atoms with van der Waals surface area (Å²) in [6, 6.07) is 0. The van der Waals surface area contributed by atoms with Crippen LogP contribution in [0.25, 0.3) is 0 Å². The summed E-state index contributed by atoms with van der Waals surface area (Å²) in [5.41, 5.74) is 0. The quantitative estimate of drug-likeness (QED) is 0.627. The Labute approximate surface area is 78.9 Å². The maximum Gasteiger partial charge on any atom is 0.0565 e. The van der Waals surface area contributed by atoms with Crippen molar-refractivity contribution in [1.29, 1.82) is 0 Å². The molecule has 12 heavy (non-hydrogen) atoms. The van der Waals surface area contributed by atoms with Gasteiger partial charge in [-0.25, -0.2) is 0 Å². The lowest BCUT2D eigenvalue weighted by Gasteiger charge is -2.20. The van der Waals surface area contributed by atoms with E-state index < -0.39 is 7.26 Å². The van der Waals surface area contributed by atoms with Crippen LogP contribution in [-0.2, 0) is 0 Å². The summed E-state index contributed by atoms with van der Waals surface area (Å²) in [4.78, 5) is 0. The second-order valence-electron chi connectivity index (χ2n) is 2.90. The van der Waals surface area contributed by atoms with Crippen molar-refractivity contribution < 1.29 is 5.11 Å². The Bertz CT molecular complexity index is 62.4. The first-order valence-corrected chi connectivity index (χ1v) is 7.62. The first kappa shape index (κ1) is 14.9. The molecule has 76 valence electrons. The highest BCUT2D eigenvalue weighted by Crippen LogP contribution is 2.57. The highest BCUT2D eigenvalue weighted by atomic mass is 31.2. The zero-order chi connectivity index (χ0) is 10.0. The molecule has 0 fully saturated rings. The number of hydrogen-bond acceptors (Lipinski definition) is 1. The molecule has 0 spiro atoms. The molecule has 1 nitrogen and oxygen atoms in total. The summed E-state index contributed by atoms with van der Waals surface area (Å²) in [5.74, 6) is 0. The van der Waals surface area contributed by atoms with Gasteiger partial charge < -0.3 is 5.11 Å². The molecule has 2 heteroatoms. The molecule has 0 rings (SSSR count). The molecule has 0 bridgehead atoms. The van der Waals surface area contributed by atoms with Gasteiger partial charge in [-0.1, -0.05) is 6.92 Å². The lowest BCUT2D eigenvalue weighted by Crippen LogP contribution is -2.04.